The summed E-state index contributed by atoms with van der Waals surface area (Å²) in [6.07, 6.45) is 2.82. The Morgan fingerprint density at radius 2 is 1.88 bits per heavy atom. The molecule has 0 unspecified atom stereocenters. The SMILES string of the molecule is CNC(=O)[C@@H]1CCC[C@@H]1NCC(=O)Nc1ccc(N2CCOCC2)cc1. The predicted molar refractivity (Wildman–Crippen MR) is 101 cm³/mol. The van der Waals surface area contributed by atoms with Crippen molar-refractivity contribution in [2.75, 3.05) is 50.1 Å². The van der Waals surface area contributed by atoms with Crippen molar-refractivity contribution in [3.05, 3.63) is 24.3 Å². The van der Waals surface area contributed by atoms with E-state index in [2.05, 4.69) is 20.9 Å². The van der Waals surface area contributed by atoms with Crippen molar-refractivity contribution in [2.24, 2.45) is 5.92 Å². The van der Waals surface area contributed by atoms with Gasteiger partial charge in [0.25, 0.3) is 0 Å². The highest BCUT2D eigenvalue weighted by Gasteiger charge is 2.32. The Morgan fingerprint density at radius 1 is 1.15 bits per heavy atom. The molecule has 1 aromatic carbocycles. The van der Waals surface area contributed by atoms with Gasteiger partial charge in [-0.3, -0.25) is 9.59 Å². The van der Waals surface area contributed by atoms with Crippen molar-refractivity contribution in [3.63, 3.8) is 0 Å². The Hall–Kier alpha value is -2.12. The fraction of sp³-hybridized carbons (Fsp3) is 0.579. The number of morpholine rings is 1. The summed E-state index contributed by atoms with van der Waals surface area (Å²) >= 11 is 0. The minimum atomic E-state index is -0.0910. The second kappa shape index (κ2) is 9.00. The molecule has 3 rings (SSSR count). The fourth-order valence-electron chi connectivity index (χ4n) is 3.71. The highest BCUT2D eigenvalue weighted by molar-refractivity contribution is 5.92. The van der Waals surface area contributed by atoms with Gasteiger partial charge < -0.3 is 25.6 Å². The number of benzene rings is 1. The minimum Gasteiger partial charge on any atom is -0.378 e. The summed E-state index contributed by atoms with van der Waals surface area (Å²) < 4.78 is 5.37. The van der Waals surface area contributed by atoms with Crippen LogP contribution in [0.4, 0.5) is 11.4 Å². The Morgan fingerprint density at radius 3 is 2.58 bits per heavy atom. The average Bonchev–Trinajstić information content (AvgIpc) is 3.16. The van der Waals surface area contributed by atoms with E-state index < -0.39 is 0 Å². The number of anilines is 2. The Balaban J connectivity index is 1.46. The van der Waals surface area contributed by atoms with Crippen LogP contribution in [0.1, 0.15) is 19.3 Å². The zero-order valence-electron chi connectivity index (χ0n) is 15.3. The van der Waals surface area contributed by atoms with Crippen LogP contribution in [0.15, 0.2) is 24.3 Å². The van der Waals surface area contributed by atoms with Gasteiger partial charge >= 0.3 is 0 Å². The first kappa shape index (κ1) is 18.7. The largest absolute Gasteiger partial charge is 0.378 e. The standard InChI is InChI=1S/C19H28N4O3/c1-20-19(25)16-3-2-4-17(16)21-13-18(24)22-14-5-7-15(8-6-14)23-9-11-26-12-10-23/h5-8,16-17,21H,2-4,9-13H2,1H3,(H,20,25)(H,22,24)/t16-,17+/m1/s1. The van der Waals surface area contributed by atoms with Gasteiger partial charge in [0, 0.05) is 37.6 Å². The third-order valence-corrected chi connectivity index (χ3v) is 5.15. The molecule has 2 atom stereocenters. The van der Waals surface area contributed by atoms with Gasteiger partial charge in [0.15, 0.2) is 0 Å². The molecule has 0 aromatic heterocycles. The summed E-state index contributed by atoms with van der Waals surface area (Å²) in [6.45, 7) is 3.50. The number of rotatable bonds is 6. The number of amides is 2. The zero-order valence-corrected chi connectivity index (χ0v) is 15.3. The minimum absolute atomic E-state index is 0.0411. The lowest BCUT2D eigenvalue weighted by Crippen LogP contribution is -2.43. The van der Waals surface area contributed by atoms with Gasteiger partial charge in [-0.15, -0.1) is 0 Å². The van der Waals surface area contributed by atoms with Crippen LogP contribution < -0.4 is 20.9 Å². The molecule has 142 valence electrons. The molecule has 3 N–H and O–H groups in total. The summed E-state index contributed by atoms with van der Waals surface area (Å²) in [5, 5.41) is 8.85. The molecular weight excluding hydrogens is 332 g/mol. The van der Waals surface area contributed by atoms with Crippen molar-refractivity contribution in [1.29, 1.82) is 0 Å². The van der Waals surface area contributed by atoms with E-state index in [4.69, 9.17) is 4.74 Å². The highest BCUT2D eigenvalue weighted by Crippen LogP contribution is 2.25. The topological polar surface area (TPSA) is 82.7 Å². The summed E-state index contributed by atoms with van der Waals surface area (Å²) in [4.78, 5) is 26.3. The van der Waals surface area contributed by atoms with Crippen LogP contribution in [0.5, 0.6) is 0 Å². The molecule has 1 saturated heterocycles. The quantitative estimate of drug-likeness (QED) is 0.704. The maximum absolute atomic E-state index is 12.2. The normalized spacial score (nSPS) is 22.9. The van der Waals surface area contributed by atoms with Crippen LogP contribution in [0.2, 0.25) is 0 Å². The Kier molecular flexibility index (Phi) is 6.46. The summed E-state index contributed by atoms with van der Waals surface area (Å²) in [5.74, 6) is -0.0774. The molecule has 26 heavy (non-hydrogen) atoms. The van der Waals surface area contributed by atoms with Crippen LogP contribution in [0.3, 0.4) is 0 Å². The first-order valence-corrected chi connectivity index (χ1v) is 9.35. The number of hydrogen-bond donors (Lipinski definition) is 3. The number of nitrogens with one attached hydrogen (secondary N) is 3. The van der Waals surface area contributed by atoms with Gasteiger partial charge in [-0.1, -0.05) is 6.42 Å². The Bertz CT molecular complexity index is 614. The van der Waals surface area contributed by atoms with Gasteiger partial charge in [-0.05, 0) is 37.1 Å². The molecule has 1 aromatic rings. The monoisotopic (exact) mass is 360 g/mol. The summed E-state index contributed by atoms with van der Waals surface area (Å²) in [7, 11) is 1.66. The number of ether oxygens (including phenoxy) is 1. The number of carbonyl (C=O) groups excluding carboxylic acids is 2. The van der Waals surface area contributed by atoms with Gasteiger partial charge in [0.1, 0.15) is 0 Å². The van der Waals surface area contributed by atoms with E-state index in [0.717, 1.165) is 56.9 Å². The van der Waals surface area contributed by atoms with E-state index in [1.54, 1.807) is 7.05 Å². The number of hydrogen-bond acceptors (Lipinski definition) is 5. The predicted octanol–water partition coefficient (Wildman–Crippen LogP) is 0.966. The Labute approximate surface area is 154 Å². The second-order valence-corrected chi connectivity index (χ2v) is 6.83. The molecule has 0 radical (unpaired) electrons. The van der Waals surface area contributed by atoms with Crippen molar-refractivity contribution in [3.8, 4) is 0 Å². The molecular formula is C19H28N4O3. The van der Waals surface area contributed by atoms with Gasteiger partial charge in [-0.25, -0.2) is 0 Å². The number of nitrogens with zero attached hydrogens (tertiary/aromatic N) is 1. The van der Waals surface area contributed by atoms with E-state index in [9.17, 15) is 9.59 Å². The van der Waals surface area contributed by atoms with Gasteiger partial charge in [0.2, 0.25) is 11.8 Å². The fourth-order valence-corrected chi connectivity index (χ4v) is 3.71. The van der Waals surface area contributed by atoms with Gasteiger partial charge in [-0.2, -0.15) is 0 Å². The van der Waals surface area contributed by atoms with Crippen LogP contribution in [-0.2, 0) is 14.3 Å². The van der Waals surface area contributed by atoms with Crippen LogP contribution in [0, 0.1) is 5.92 Å². The third-order valence-electron chi connectivity index (χ3n) is 5.15. The third kappa shape index (κ3) is 4.74. The lowest BCUT2D eigenvalue weighted by molar-refractivity contribution is -0.125. The van der Waals surface area contributed by atoms with Crippen molar-refractivity contribution in [2.45, 2.75) is 25.3 Å². The molecule has 7 nitrogen and oxygen atoms in total. The van der Waals surface area contributed by atoms with Crippen LogP contribution >= 0.6 is 0 Å². The van der Waals surface area contributed by atoms with Crippen LogP contribution in [0.25, 0.3) is 0 Å². The summed E-state index contributed by atoms with van der Waals surface area (Å²) in [6, 6.07) is 7.96. The molecule has 7 heteroatoms. The van der Waals surface area contributed by atoms with E-state index in [-0.39, 0.29) is 30.3 Å². The zero-order chi connectivity index (χ0) is 18.4. The molecule has 0 spiro atoms. The summed E-state index contributed by atoms with van der Waals surface area (Å²) in [5.41, 5.74) is 1.92. The first-order valence-electron chi connectivity index (χ1n) is 9.35. The van der Waals surface area contributed by atoms with E-state index in [1.165, 1.54) is 0 Å². The van der Waals surface area contributed by atoms with Crippen molar-refractivity contribution >= 4 is 23.2 Å². The van der Waals surface area contributed by atoms with E-state index in [1.807, 2.05) is 24.3 Å². The number of carbonyl (C=O) groups is 2. The van der Waals surface area contributed by atoms with Gasteiger partial charge in [0.05, 0.1) is 25.7 Å². The molecule has 2 fully saturated rings. The molecule has 1 aliphatic carbocycles. The molecule has 1 heterocycles. The molecule has 2 aliphatic rings. The molecule has 1 saturated carbocycles. The maximum atomic E-state index is 12.2. The molecule has 2 amide bonds. The lowest BCUT2D eigenvalue weighted by atomic mass is 10.0. The first-order chi connectivity index (χ1) is 12.7. The van der Waals surface area contributed by atoms with Crippen molar-refractivity contribution < 1.29 is 14.3 Å². The molecule has 1 aliphatic heterocycles. The molecule has 0 bridgehead atoms. The van der Waals surface area contributed by atoms with E-state index in [0.29, 0.717) is 0 Å². The maximum Gasteiger partial charge on any atom is 0.238 e. The second-order valence-electron chi connectivity index (χ2n) is 6.83. The van der Waals surface area contributed by atoms with E-state index >= 15 is 0 Å². The van der Waals surface area contributed by atoms with Crippen LogP contribution in [-0.4, -0.2) is 57.8 Å². The lowest BCUT2D eigenvalue weighted by Gasteiger charge is -2.28. The van der Waals surface area contributed by atoms with Crippen molar-refractivity contribution in [1.82, 2.24) is 10.6 Å². The highest BCUT2D eigenvalue weighted by atomic mass is 16.5. The average molecular weight is 360 g/mol. The smallest absolute Gasteiger partial charge is 0.238 e.